The van der Waals surface area contributed by atoms with Crippen LogP contribution in [0, 0.1) is 0 Å². The van der Waals surface area contributed by atoms with Gasteiger partial charge in [0.15, 0.2) is 0 Å². The van der Waals surface area contributed by atoms with Crippen LogP contribution < -0.4 is 3.26 Å². The SMILES string of the molecule is O=C([NH][Zr])c1ccco1. The van der Waals surface area contributed by atoms with Crippen molar-refractivity contribution in [3.8, 4) is 0 Å². The van der Waals surface area contributed by atoms with Crippen LogP contribution in [0.5, 0.6) is 0 Å². The van der Waals surface area contributed by atoms with Gasteiger partial charge in [0.25, 0.3) is 0 Å². The van der Waals surface area contributed by atoms with Crippen molar-refractivity contribution in [2.24, 2.45) is 0 Å². The van der Waals surface area contributed by atoms with Gasteiger partial charge >= 0.3 is 67.5 Å². The second kappa shape index (κ2) is 2.97. The zero-order chi connectivity index (χ0) is 6.69. The monoisotopic (exact) mass is 200 g/mol. The van der Waals surface area contributed by atoms with Crippen molar-refractivity contribution in [2.75, 3.05) is 0 Å². The van der Waals surface area contributed by atoms with Crippen molar-refractivity contribution in [2.45, 2.75) is 0 Å². The first-order valence-corrected chi connectivity index (χ1v) is 3.58. The van der Waals surface area contributed by atoms with Gasteiger partial charge in [-0.05, 0) is 0 Å². The first-order chi connectivity index (χ1) is 4.34. The number of rotatable bonds is 1. The molecule has 1 heterocycles. The molecule has 0 atom stereocenters. The zero-order valence-electron chi connectivity index (χ0n) is 4.55. The molecule has 0 saturated carbocycles. The Morgan fingerprint density at radius 3 is 3.00 bits per heavy atom. The van der Waals surface area contributed by atoms with E-state index in [9.17, 15) is 4.79 Å². The van der Waals surface area contributed by atoms with Gasteiger partial charge in [0.05, 0.1) is 0 Å². The molecule has 4 heteroatoms. The van der Waals surface area contributed by atoms with E-state index >= 15 is 0 Å². The number of carbonyl (C=O) groups excluding carboxylic acids is 1. The van der Waals surface area contributed by atoms with Crippen LogP contribution >= 0.6 is 0 Å². The summed E-state index contributed by atoms with van der Waals surface area (Å²) in [4.78, 5) is 10.7. The molecule has 1 aromatic rings. The van der Waals surface area contributed by atoms with Crippen LogP contribution in [0.2, 0.25) is 0 Å². The quantitative estimate of drug-likeness (QED) is 0.718. The maximum atomic E-state index is 10.7. The second-order valence-corrected chi connectivity index (χ2v) is 2.05. The maximum absolute atomic E-state index is 10.7. The van der Waals surface area contributed by atoms with Crippen molar-refractivity contribution < 1.29 is 34.2 Å². The minimum atomic E-state index is -0.154. The summed E-state index contributed by atoms with van der Waals surface area (Å²) in [5.74, 6) is 0.213. The van der Waals surface area contributed by atoms with Crippen LogP contribution in [0.4, 0.5) is 0 Å². The van der Waals surface area contributed by atoms with E-state index in [1.165, 1.54) is 6.26 Å². The van der Waals surface area contributed by atoms with Gasteiger partial charge in [-0.25, -0.2) is 0 Å². The summed E-state index contributed by atoms with van der Waals surface area (Å²) in [6.45, 7) is 0. The predicted octanol–water partition coefficient (Wildman–Crippen LogP) is 0.471. The molecule has 1 amide bonds. The summed E-state index contributed by atoms with van der Waals surface area (Å²) in [7, 11) is 0. The minimum absolute atomic E-state index is 0.154. The van der Waals surface area contributed by atoms with Gasteiger partial charge in [-0.15, -0.1) is 0 Å². The van der Waals surface area contributed by atoms with Gasteiger partial charge in [0, 0.05) is 0 Å². The molecule has 0 spiro atoms. The molecule has 0 fully saturated rings. The topological polar surface area (TPSA) is 42.2 Å². The Hall–Kier alpha value is -0.367. The van der Waals surface area contributed by atoms with E-state index < -0.39 is 0 Å². The Morgan fingerprint density at radius 1 is 1.78 bits per heavy atom. The average molecular weight is 201 g/mol. The number of amides is 1. The van der Waals surface area contributed by atoms with E-state index in [1.54, 1.807) is 12.1 Å². The van der Waals surface area contributed by atoms with Gasteiger partial charge in [-0.2, -0.15) is 0 Å². The van der Waals surface area contributed by atoms with Crippen LogP contribution in [-0.4, -0.2) is 5.91 Å². The van der Waals surface area contributed by atoms with E-state index in [2.05, 4.69) is 3.26 Å². The second-order valence-electron chi connectivity index (χ2n) is 1.43. The number of nitrogens with one attached hydrogen (secondary N) is 1. The van der Waals surface area contributed by atoms with Crippen molar-refractivity contribution in [3.05, 3.63) is 24.2 Å². The molecule has 0 aliphatic heterocycles. The van der Waals surface area contributed by atoms with Crippen molar-refractivity contribution >= 4 is 5.91 Å². The van der Waals surface area contributed by atoms with Crippen molar-refractivity contribution in [1.29, 1.82) is 0 Å². The van der Waals surface area contributed by atoms with Crippen molar-refractivity contribution in [1.82, 2.24) is 3.26 Å². The molecular formula is C5H4NO2Zr. The summed E-state index contributed by atoms with van der Waals surface area (Å²) >= 11 is 0.977. The molecule has 3 nitrogen and oxygen atoms in total. The molecule has 1 rings (SSSR count). The fourth-order valence-corrected chi connectivity index (χ4v) is 0.772. The number of carbonyl (C=O) groups is 1. The summed E-state index contributed by atoms with van der Waals surface area (Å²) in [5, 5.41) is 0. The first-order valence-electron chi connectivity index (χ1n) is 2.35. The molecule has 9 heavy (non-hydrogen) atoms. The molecule has 0 saturated heterocycles. The van der Waals surface area contributed by atoms with E-state index in [0.29, 0.717) is 5.76 Å². The van der Waals surface area contributed by atoms with Crippen LogP contribution in [0.25, 0.3) is 0 Å². The standard InChI is InChI=1S/C5H5NO2.Zr/c6-5(7)4-2-1-3-8-4;/h1-3H,(H2,6,7);/q;+1/p-1. The van der Waals surface area contributed by atoms with Crippen LogP contribution in [0.15, 0.2) is 22.8 Å². The number of hydrogen-bond acceptors (Lipinski definition) is 2. The fourth-order valence-electron chi connectivity index (χ4n) is 0.469. The summed E-state index contributed by atoms with van der Waals surface area (Å²) < 4.78 is 7.31. The molecule has 1 aromatic heterocycles. The van der Waals surface area contributed by atoms with Crippen LogP contribution in [0.3, 0.4) is 0 Å². The first kappa shape index (κ1) is 6.75. The van der Waals surface area contributed by atoms with Crippen LogP contribution in [-0.2, 0) is 25.0 Å². The number of hydrogen-bond donors (Lipinski definition) is 1. The molecule has 0 unspecified atom stereocenters. The number of furan rings is 1. The third-order valence-electron chi connectivity index (χ3n) is 0.858. The Bertz CT molecular complexity index is 195. The Labute approximate surface area is 67.7 Å². The average Bonchev–Trinajstić information content (AvgIpc) is 2.37. The van der Waals surface area contributed by atoms with Crippen molar-refractivity contribution in [3.63, 3.8) is 0 Å². The van der Waals surface area contributed by atoms with Gasteiger partial charge in [0.2, 0.25) is 0 Å². The zero-order valence-corrected chi connectivity index (χ0v) is 7.01. The van der Waals surface area contributed by atoms with E-state index in [0.717, 1.165) is 25.0 Å². The Balaban J connectivity index is 2.77. The summed E-state index contributed by atoms with van der Waals surface area (Å²) in [6.07, 6.45) is 1.47. The molecule has 0 radical (unpaired) electrons. The fraction of sp³-hybridized carbons (Fsp3) is 0. The van der Waals surface area contributed by atoms with E-state index in [4.69, 9.17) is 4.42 Å². The molecule has 45 valence electrons. The molecule has 0 aromatic carbocycles. The Kier molecular flexibility index (Phi) is 2.23. The predicted molar refractivity (Wildman–Crippen MR) is 26.2 cm³/mol. The molecular weight excluding hydrogens is 197 g/mol. The normalized spacial score (nSPS) is 8.78. The summed E-state index contributed by atoms with van der Waals surface area (Å²) in [6, 6.07) is 3.31. The molecule has 1 N–H and O–H groups in total. The van der Waals surface area contributed by atoms with E-state index in [-0.39, 0.29) is 5.91 Å². The van der Waals surface area contributed by atoms with Gasteiger partial charge < -0.3 is 0 Å². The molecule has 0 aliphatic carbocycles. The van der Waals surface area contributed by atoms with Crippen LogP contribution in [0.1, 0.15) is 10.6 Å². The third-order valence-corrected chi connectivity index (χ3v) is 1.42. The summed E-state index contributed by atoms with van der Waals surface area (Å²) in [5.41, 5.74) is 0. The molecule has 0 aliphatic rings. The third kappa shape index (κ3) is 1.52. The molecule has 0 bridgehead atoms. The van der Waals surface area contributed by atoms with Gasteiger partial charge in [0.1, 0.15) is 0 Å². The van der Waals surface area contributed by atoms with E-state index in [1.807, 2.05) is 0 Å². The van der Waals surface area contributed by atoms with Gasteiger partial charge in [-0.1, -0.05) is 0 Å². The van der Waals surface area contributed by atoms with Gasteiger partial charge in [-0.3, -0.25) is 0 Å². The Morgan fingerprint density at radius 2 is 2.56 bits per heavy atom.